The minimum Gasteiger partial charge on any atom is -0.456 e. The van der Waals surface area contributed by atoms with E-state index in [1.165, 1.54) is 12.8 Å². The average Bonchev–Trinajstić information content (AvgIpc) is 2.79. The van der Waals surface area contributed by atoms with Gasteiger partial charge in [0, 0.05) is 0 Å². The van der Waals surface area contributed by atoms with Crippen molar-refractivity contribution in [1.29, 1.82) is 0 Å². The Labute approximate surface area is 144 Å². The molecular weight excluding hydrogens is 376 g/mol. The average molecular weight is 395 g/mol. The van der Waals surface area contributed by atoms with Gasteiger partial charge in [-0.1, -0.05) is 13.3 Å². The standard InChI is InChI=1S/C8H15N2.4CHFO2/c1-3-4-5-10-7-6-9(2)8-10;4*2-1(3)4/h6-8H,3-5H2,1-2H3;4*(H,3,4)/q+1;;;;. The lowest BCUT2D eigenvalue weighted by atomic mass is 10.3. The summed E-state index contributed by atoms with van der Waals surface area (Å²) in [6.45, 7) is 3.36. The van der Waals surface area contributed by atoms with Crippen molar-refractivity contribution in [2.45, 2.75) is 26.3 Å². The van der Waals surface area contributed by atoms with Gasteiger partial charge in [0.05, 0.1) is 13.6 Å². The number of hydrogen-bond acceptors (Lipinski definition) is 4. The second-order valence-electron chi connectivity index (χ2n) is 3.68. The number of halogens is 4. The Morgan fingerprint density at radius 3 is 1.38 bits per heavy atom. The second kappa shape index (κ2) is 21.8. The summed E-state index contributed by atoms with van der Waals surface area (Å²) in [6, 6.07) is 0. The first-order valence-corrected chi connectivity index (χ1v) is 6.30. The third kappa shape index (κ3) is 84.9. The number of imidazole rings is 1. The SMILES string of the molecule is CCCCn1cc[n+](C)c1.O=C(O)F.O=C(O)F.O=C(O)F.O=C(O)F. The fourth-order valence-corrected chi connectivity index (χ4v) is 0.975. The van der Waals surface area contributed by atoms with Gasteiger partial charge in [0.15, 0.2) is 0 Å². The zero-order chi connectivity index (χ0) is 21.7. The summed E-state index contributed by atoms with van der Waals surface area (Å²) in [7, 11) is 2.04. The quantitative estimate of drug-likeness (QED) is 0.343. The van der Waals surface area contributed by atoms with E-state index in [1.807, 2.05) is 7.05 Å². The second-order valence-corrected chi connectivity index (χ2v) is 3.68. The Kier molecular flexibility index (Phi) is 25.7. The molecule has 0 atom stereocenters. The number of aromatic nitrogens is 2. The van der Waals surface area contributed by atoms with E-state index in [1.54, 1.807) is 0 Å². The van der Waals surface area contributed by atoms with E-state index in [9.17, 15) is 17.6 Å². The zero-order valence-corrected chi connectivity index (χ0v) is 13.7. The molecule has 1 rings (SSSR count). The minimum absolute atomic E-state index is 1.15. The molecule has 0 radical (unpaired) electrons. The molecule has 0 fully saturated rings. The predicted octanol–water partition coefficient (Wildman–Crippen LogP) is 3.65. The predicted molar refractivity (Wildman–Crippen MR) is 77.0 cm³/mol. The summed E-state index contributed by atoms with van der Waals surface area (Å²) >= 11 is 0. The van der Waals surface area contributed by atoms with Crippen LogP contribution in [-0.4, -0.2) is 49.9 Å². The van der Waals surface area contributed by atoms with Crippen LogP contribution in [-0.2, 0) is 13.6 Å². The molecule has 0 unspecified atom stereocenters. The van der Waals surface area contributed by atoms with Crippen molar-refractivity contribution in [1.82, 2.24) is 4.57 Å². The molecule has 0 aliphatic heterocycles. The van der Waals surface area contributed by atoms with Crippen LogP contribution in [0.25, 0.3) is 0 Å². The van der Waals surface area contributed by atoms with Gasteiger partial charge < -0.3 is 20.4 Å². The van der Waals surface area contributed by atoms with Crippen LogP contribution in [0.3, 0.4) is 0 Å². The van der Waals surface area contributed by atoms with Gasteiger partial charge in [0.1, 0.15) is 12.4 Å². The molecule has 1 heterocycles. The van der Waals surface area contributed by atoms with Crippen molar-refractivity contribution in [3.05, 3.63) is 18.7 Å². The highest BCUT2D eigenvalue weighted by atomic mass is 19.2. The molecule has 4 N–H and O–H groups in total. The zero-order valence-electron chi connectivity index (χ0n) is 13.7. The maximum atomic E-state index is 9.92. The Morgan fingerprint density at radius 1 is 0.885 bits per heavy atom. The topological polar surface area (TPSA) is 158 Å². The molecule has 0 aromatic carbocycles. The largest absolute Gasteiger partial charge is 0.492 e. The number of hydrogen-bond donors (Lipinski definition) is 4. The van der Waals surface area contributed by atoms with Crippen molar-refractivity contribution in [2.24, 2.45) is 7.05 Å². The van der Waals surface area contributed by atoms with Crippen LogP contribution in [0.4, 0.5) is 36.7 Å². The smallest absolute Gasteiger partial charge is 0.456 e. The van der Waals surface area contributed by atoms with Crippen molar-refractivity contribution >= 4 is 24.9 Å². The van der Waals surface area contributed by atoms with Gasteiger partial charge in [-0.05, 0) is 6.42 Å². The number of nitrogens with zero attached hydrogens (tertiary/aromatic N) is 2. The summed E-state index contributed by atoms with van der Waals surface area (Å²) in [4.78, 5) is 33.3. The number of carboxylic acid groups (broad SMARTS) is 4. The lowest BCUT2D eigenvalue weighted by molar-refractivity contribution is -0.671. The minimum atomic E-state index is -2.33. The highest BCUT2D eigenvalue weighted by molar-refractivity contribution is 5.55. The molecular formula is C12H19F4N2O8+. The molecule has 0 saturated carbocycles. The number of rotatable bonds is 3. The van der Waals surface area contributed by atoms with Gasteiger partial charge in [-0.2, -0.15) is 0 Å². The molecule has 0 saturated heterocycles. The van der Waals surface area contributed by atoms with Gasteiger partial charge in [0.25, 0.3) is 0 Å². The van der Waals surface area contributed by atoms with Crippen LogP contribution in [0.2, 0.25) is 0 Å². The van der Waals surface area contributed by atoms with Gasteiger partial charge >= 0.3 is 24.9 Å². The maximum absolute atomic E-state index is 9.92. The summed E-state index contributed by atoms with van der Waals surface area (Å²) in [5, 5.41) is 27.0. The van der Waals surface area contributed by atoms with Crippen molar-refractivity contribution in [3.8, 4) is 0 Å². The monoisotopic (exact) mass is 395 g/mol. The first-order chi connectivity index (χ1) is 11.8. The Hall–Kier alpha value is -3.19. The van der Waals surface area contributed by atoms with Gasteiger partial charge in [-0.25, -0.2) is 28.3 Å². The molecule has 10 nitrogen and oxygen atoms in total. The Morgan fingerprint density at radius 2 is 1.19 bits per heavy atom. The van der Waals surface area contributed by atoms with Crippen LogP contribution in [0, 0.1) is 0 Å². The van der Waals surface area contributed by atoms with Crippen molar-refractivity contribution < 1.29 is 61.7 Å². The fraction of sp³-hybridized carbons (Fsp3) is 0.417. The lowest BCUT2D eigenvalue weighted by Gasteiger charge is -1.90. The highest BCUT2D eigenvalue weighted by Gasteiger charge is 1.96. The number of aryl methyl sites for hydroxylation is 2. The van der Waals surface area contributed by atoms with Gasteiger partial charge in [-0.15, -0.1) is 17.6 Å². The van der Waals surface area contributed by atoms with Crippen LogP contribution in [0.1, 0.15) is 19.8 Å². The van der Waals surface area contributed by atoms with E-state index in [-0.39, 0.29) is 0 Å². The number of carbonyl (C=O) groups is 4. The molecule has 1 aromatic rings. The molecule has 0 bridgehead atoms. The summed E-state index contributed by atoms with van der Waals surface area (Å²) in [6.07, 6.45) is -0.516. The first-order valence-electron chi connectivity index (χ1n) is 6.30. The summed E-state index contributed by atoms with van der Waals surface area (Å²) in [5.41, 5.74) is 0. The van der Waals surface area contributed by atoms with Crippen LogP contribution in [0.5, 0.6) is 0 Å². The van der Waals surface area contributed by atoms with E-state index in [2.05, 4.69) is 34.8 Å². The van der Waals surface area contributed by atoms with Crippen LogP contribution in [0.15, 0.2) is 18.7 Å². The molecule has 0 aliphatic carbocycles. The van der Waals surface area contributed by atoms with Crippen LogP contribution < -0.4 is 4.57 Å². The first kappa shape index (κ1) is 30.7. The third-order valence-corrected chi connectivity index (χ3v) is 1.59. The molecule has 0 aliphatic rings. The van der Waals surface area contributed by atoms with Crippen molar-refractivity contribution in [3.63, 3.8) is 0 Å². The summed E-state index contributed by atoms with van der Waals surface area (Å²) in [5.74, 6) is 0. The maximum Gasteiger partial charge on any atom is 0.492 e. The van der Waals surface area contributed by atoms with E-state index < -0.39 is 24.9 Å². The molecule has 0 spiro atoms. The van der Waals surface area contributed by atoms with Gasteiger partial charge in [-0.3, -0.25) is 0 Å². The fourth-order valence-electron chi connectivity index (χ4n) is 0.975. The lowest BCUT2D eigenvalue weighted by Crippen LogP contribution is -2.23. The summed E-state index contributed by atoms with van der Waals surface area (Å²) < 4.78 is 43.9. The van der Waals surface area contributed by atoms with Gasteiger partial charge in [0.2, 0.25) is 6.33 Å². The molecule has 26 heavy (non-hydrogen) atoms. The molecule has 1 aromatic heterocycles. The third-order valence-electron chi connectivity index (χ3n) is 1.59. The highest BCUT2D eigenvalue weighted by Crippen LogP contribution is 1.91. The van der Waals surface area contributed by atoms with Crippen molar-refractivity contribution in [2.75, 3.05) is 0 Å². The molecule has 14 heteroatoms. The van der Waals surface area contributed by atoms with E-state index in [4.69, 9.17) is 39.6 Å². The Balaban J connectivity index is -0.000000129. The normalized spacial score (nSPS) is 7.77. The molecule has 152 valence electrons. The van der Waals surface area contributed by atoms with E-state index in [0.717, 1.165) is 6.54 Å². The van der Waals surface area contributed by atoms with Crippen LogP contribution >= 0.6 is 0 Å². The van der Waals surface area contributed by atoms with E-state index >= 15 is 0 Å². The van der Waals surface area contributed by atoms with E-state index in [0.29, 0.717) is 0 Å². The number of unbranched alkanes of at least 4 members (excludes halogenated alkanes) is 1. The Bertz CT molecular complexity index is 461. The molecule has 0 amide bonds.